The maximum absolute atomic E-state index is 13.7. The van der Waals surface area contributed by atoms with Crippen molar-refractivity contribution in [1.29, 1.82) is 5.41 Å². The number of sulfonamides is 1. The van der Waals surface area contributed by atoms with Crippen molar-refractivity contribution in [3.05, 3.63) is 65.0 Å². The highest BCUT2D eigenvalue weighted by molar-refractivity contribution is 7.89. The highest BCUT2D eigenvalue weighted by Gasteiger charge is 2.35. The predicted octanol–water partition coefficient (Wildman–Crippen LogP) is 3.76. The number of ether oxygens (including phenoxy) is 2. The van der Waals surface area contributed by atoms with Crippen LogP contribution in [0.2, 0.25) is 5.02 Å². The number of quaternary nitrogens is 1. The molecular formula is C26H32ClN4O5S+. The molecule has 9 nitrogen and oxygen atoms in total. The zero-order chi connectivity index (χ0) is 27.2. The number of rotatable bonds is 11. The van der Waals surface area contributed by atoms with Crippen molar-refractivity contribution in [1.82, 2.24) is 9.29 Å². The van der Waals surface area contributed by atoms with Gasteiger partial charge in [-0.3, -0.25) is 0 Å². The van der Waals surface area contributed by atoms with E-state index in [1.54, 1.807) is 43.4 Å². The summed E-state index contributed by atoms with van der Waals surface area (Å²) in [4.78, 5) is 16.1. The first-order valence-corrected chi connectivity index (χ1v) is 13.7. The van der Waals surface area contributed by atoms with Gasteiger partial charge in [-0.05, 0) is 62.6 Å². The average molecular weight is 548 g/mol. The van der Waals surface area contributed by atoms with Gasteiger partial charge in [0.15, 0.2) is 6.54 Å². The molecule has 1 aliphatic rings. The van der Waals surface area contributed by atoms with Gasteiger partial charge in [0.05, 0.1) is 18.8 Å². The summed E-state index contributed by atoms with van der Waals surface area (Å²) >= 11 is 5.94. The van der Waals surface area contributed by atoms with Crippen LogP contribution in [0.4, 0.5) is 0 Å². The Labute approximate surface area is 222 Å². The second kappa shape index (κ2) is 12.5. The fourth-order valence-corrected chi connectivity index (χ4v) is 5.59. The Morgan fingerprint density at radius 1 is 1.35 bits per heavy atom. The van der Waals surface area contributed by atoms with E-state index in [2.05, 4.69) is 11.6 Å². The molecule has 2 aromatic rings. The first-order valence-electron chi connectivity index (χ1n) is 11.9. The van der Waals surface area contributed by atoms with Crippen LogP contribution in [0.25, 0.3) is 5.57 Å². The number of carbonyl (C=O) groups is 1. The van der Waals surface area contributed by atoms with E-state index >= 15 is 0 Å². The fourth-order valence-electron chi connectivity index (χ4n) is 4.12. The van der Waals surface area contributed by atoms with Gasteiger partial charge >= 0.3 is 5.97 Å². The van der Waals surface area contributed by atoms with E-state index in [9.17, 15) is 13.2 Å². The third-order valence-electron chi connectivity index (χ3n) is 6.06. The van der Waals surface area contributed by atoms with Crippen molar-refractivity contribution >= 4 is 39.4 Å². The van der Waals surface area contributed by atoms with E-state index in [1.807, 2.05) is 0 Å². The van der Waals surface area contributed by atoms with Crippen LogP contribution < -0.4 is 10.1 Å². The van der Waals surface area contributed by atoms with E-state index < -0.39 is 16.1 Å². The van der Waals surface area contributed by atoms with E-state index in [4.69, 9.17) is 26.5 Å². The number of nitrogens with one attached hydrogen (secondary N) is 1. The quantitative estimate of drug-likeness (QED) is 0.326. The molecule has 0 radical (unpaired) electrons. The summed E-state index contributed by atoms with van der Waals surface area (Å²) in [6.07, 6.45) is 4.36. The highest BCUT2D eigenvalue weighted by atomic mass is 35.5. The second-order valence-electron chi connectivity index (χ2n) is 8.63. The van der Waals surface area contributed by atoms with Crippen LogP contribution in [0.3, 0.4) is 0 Å². The van der Waals surface area contributed by atoms with E-state index in [1.165, 1.54) is 29.8 Å². The molecule has 0 bridgehead atoms. The van der Waals surface area contributed by atoms with Crippen LogP contribution in [-0.4, -0.2) is 56.1 Å². The number of hydrogen-bond donors (Lipinski definition) is 2. The SMILES string of the molecule is C=C(C)c1cc(S(=O)(=O)N(C)C2CCCC([NH2+]CC(=O)OCC)=C2C=N)cnc1Oc1ccc(Cl)cc1. The first-order chi connectivity index (χ1) is 17.6. The maximum Gasteiger partial charge on any atom is 0.362 e. The van der Waals surface area contributed by atoms with Crippen molar-refractivity contribution in [2.24, 2.45) is 0 Å². The lowest BCUT2D eigenvalue weighted by Gasteiger charge is -2.31. The minimum atomic E-state index is -3.98. The molecule has 3 N–H and O–H groups in total. The van der Waals surface area contributed by atoms with Crippen molar-refractivity contribution in [3.8, 4) is 11.6 Å². The normalized spacial score (nSPS) is 16.0. The number of hydrogen-bond acceptors (Lipinski definition) is 7. The lowest BCUT2D eigenvalue weighted by molar-refractivity contribution is -0.600. The number of aromatic nitrogens is 1. The molecule has 1 atom stereocenters. The molecule has 1 aromatic carbocycles. The van der Waals surface area contributed by atoms with Crippen LogP contribution in [0.15, 0.2) is 59.3 Å². The number of likely N-dealkylation sites (N-methyl/N-ethyl adjacent to an activating group) is 1. The van der Waals surface area contributed by atoms with Gasteiger partial charge in [-0.1, -0.05) is 18.2 Å². The van der Waals surface area contributed by atoms with Gasteiger partial charge in [-0.2, -0.15) is 4.31 Å². The van der Waals surface area contributed by atoms with Gasteiger partial charge < -0.3 is 20.2 Å². The third kappa shape index (κ3) is 6.84. The molecule has 1 unspecified atom stereocenters. The Morgan fingerprint density at radius 2 is 2.05 bits per heavy atom. The first kappa shape index (κ1) is 28.5. The molecule has 1 heterocycles. The summed E-state index contributed by atoms with van der Waals surface area (Å²) in [6.45, 7) is 7.80. The summed E-state index contributed by atoms with van der Waals surface area (Å²) in [6, 6.07) is 7.69. The van der Waals surface area contributed by atoms with Crippen molar-refractivity contribution in [2.45, 2.75) is 44.0 Å². The molecule has 37 heavy (non-hydrogen) atoms. The summed E-state index contributed by atoms with van der Waals surface area (Å²) in [7, 11) is -2.49. The summed E-state index contributed by atoms with van der Waals surface area (Å²) < 4.78 is 39.4. The van der Waals surface area contributed by atoms with Crippen molar-refractivity contribution in [3.63, 3.8) is 0 Å². The van der Waals surface area contributed by atoms with E-state index in [0.29, 0.717) is 40.3 Å². The standard InChI is InChI=1S/C26H31ClN4O5S/c1-5-35-25(32)16-29-23-7-6-8-24(22(23)14-28)31(4)37(33,34)20-13-21(17(2)3)26(30-15-20)36-19-11-9-18(27)10-12-19/h9-15,24,28-29H,2,5-8,16H2,1,3-4H3/p+1. The van der Waals surface area contributed by atoms with Crippen LogP contribution in [0.1, 0.15) is 38.7 Å². The number of benzene rings is 1. The monoisotopic (exact) mass is 547 g/mol. The van der Waals surface area contributed by atoms with Gasteiger partial charge in [0.2, 0.25) is 15.9 Å². The van der Waals surface area contributed by atoms with E-state index in [0.717, 1.165) is 12.1 Å². The van der Waals surface area contributed by atoms with E-state index in [-0.39, 0.29) is 29.9 Å². The molecular weight excluding hydrogens is 516 g/mol. The number of allylic oxidation sites excluding steroid dienone is 2. The Kier molecular flexibility index (Phi) is 9.61. The molecule has 0 aliphatic heterocycles. The minimum Gasteiger partial charge on any atom is -0.462 e. The largest absolute Gasteiger partial charge is 0.462 e. The number of carbonyl (C=O) groups excluding carboxylic acids is 1. The van der Waals surface area contributed by atoms with Gasteiger partial charge in [0.25, 0.3) is 0 Å². The van der Waals surface area contributed by atoms with Crippen LogP contribution in [-0.2, 0) is 19.6 Å². The fraction of sp³-hybridized carbons (Fsp3) is 0.346. The molecule has 1 aliphatic carbocycles. The average Bonchev–Trinajstić information content (AvgIpc) is 2.88. The summed E-state index contributed by atoms with van der Waals surface area (Å²) in [5, 5.41) is 10.3. The molecule has 0 fully saturated rings. The Morgan fingerprint density at radius 3 is 2.68 bits per heavy atom. The number of nitrogens with zero attached hydrogens (tertiary/aromatic N) is 2. The Bertz CT molecular complexity index is 1310. The zero-order valence-corrected chi connectivity index (χ0v) is 22.7. The minimum absolute atomic E-state index is 0.0107. The maximum atomic E-state index is 13.7. The predicted molar refractivity (Wildman–Crippen MR) is 142 cm³/mol. The summed E-state index contributed by atoms with van der Waals surface area (Å²) in [5.74, 6) is 0.369. The van der Waals surface area contributed by atoms with Crippen molar-refractivity contribution in [2.75, 3.05) is 20.2 Å². The van der Waals surface area contributed by atoms with Gasteiger partial charge in [-0.15, -0.1) is 0 Å². The zero-order valence-electron chi connectivity index (χ0n) is 21.2. The molecule has 0 saturated carbocycles. The van der Waals surface area contributed by atoms with Gasteiger partial charge in [0, 0.05) is 35.8 Å². The smallest absolute Gasteiger partial charge is 0.362 e. The van der Waals surface area contributed by atoms with Crippen LogP contribution in [0.5, 0.6) is 11.6 Å². The number of nitrogens with two attached hydrogens (primary N) is 1. The molecule has 11 heteroatoms. The van der Waals surface area contributed by atoms with Crippen LogP contribution in [0, 0.1) is 5.41 Å². The molecule has 3 rings (SSSR count). The second-order valence-corrected chi connectivity index (χ2v) is 11.1. The molecule has 198 valence electrons. The lowest BCUT2D eigenvalue weighted by Crippen LogP contribution is -2.85. The Hall–Kier alpha value is -3.05. The molecule has 1 aromatic heterocycles. The molecule has 0 spiro atoms. The summed E-state index contributed by atoms with van der Waals surface area (Å²) in [5.41, 5.74) is 2.40. The van der Waals surface area contributed by atoms with Gasteiger partial charge in [0.1, 0.15) is 16.3 Å². The lowest BCUT2D eigenvalue weighted by atomic mass is 9.92. The molecule has 0 saturated heterocycles. The number of pyridine rings is 1. The Balaban J connectivity index is 1.90. The number of halogens is 1. The number of esters is 1. The topological polar surface area (TPSA) is 126 Å². The van der Waals surface area contributed by atoms with Gasteiger partial charge in [-0.25, -0.2) is 18.2 Å². The van der Waals surface area contributed by atoms with Crippen LogP contribution >= 0.6 is 11.6 Å². The molecule has 0 amide bonds. The third-order valence-corrected chi connectivity index (χ3v) is 8.14. The van der Waals surface area contributed by atoms with Crippen molar-refractivity contribution < 1.29 is 28.0 Å². The highest BCUT2D eigenvalue weighted by Crippen LogP contribution is 2.33.